The van der Waals surface area contributed by atoms with E-state index in [4.69, 9.17) is 14.6 Å². The molecular weight excluding hydrogens is 388 g/mol. The molecule has 3 saturated heterocycles. The Bertz CT molecular complexity index is 947. The molecule has 2 aromatic heterocycles. The maximum atomic E-state index is 12.0. The fraction of sp³-hybridized carbons (Fsp3) is 0.650. The number of nitrogens with one attached hydrogen (secondary N) is 1. The van der Waals surface area contributed by atoms with Crippen molar-refractivity contribution in [2.75, 3.05) is 24.5 Å². The minimum Gasteiger partial charge on any atom is -0.483 e. The smallest absolute Gasteiger partial charge is 0.290 e. The molecule has 0 aliphatic carbocycles. The van der Waals surface area contributed by atoms with Crippen molar-refractivity contribution in [3.05, 3.63) is 12.5 Å². The van der Waals surface area contributed by atoms with Crippen LogP contribution >= 0.6 is 0 Å². The average molecular weight is 416 g/mol. The maximum Gasteiger partial charge on any atom is 0.290 e. The van der Waals surface area contributed by atoms with Crippen LogP contribution in [0.25, 0.3) is 11.2 Å². The van der Waals surface area contributed by atoms with Gasteiger partial charge in [-0.1, -0.05) is 13.8 Å². The largest absolute Gasteiger partial charge is 0.483 e. The van der Waals surface area contributed by atoms with Gasteiger partial charge in [-0.2, -0.15) is 4.98 Å². The molecule has 2 N–H and O–H groups in total. The third-order valence-corrected chi connectivity index (χ3v) is 6.57. The zero-order valence-corrected chi connectivity index (χ0v) is 17.5. The molecule has 10 nitrogen and oxygen atoms in total. The highest BCUT2D eigenvalue weighted by atomic mass is 16.5. The van der Waals surface area contributed by atoms with Crippen molar-refractivity contribution in [1.29, 1.82) is 0 Å². The first-order valence-corrected chi connectivity index (χ1v) is 10.3. The van der Waals surface area contributed by atoms with Crippen LogP contribution in [0.1, 0.15) is 26.7 Å². The number of ether oxygens (including phenoxy) is 1. The zero-order chi connectivity index (χ0) is 21.5. The van der Waals surface area contributed by atoms with Crippen molar-refractivity contribution in [2.24, 2.45) is 24.8 Å². The van der Waals surface area contributed by atoms with Crippen molar-refractivity contribution in [3.8, 4) is 0 Å². The molecule has 162 valence electrons. The van der Waals surface area contributed by atoms with Crippen LogP contribution in [-0.2, 0) is 21.4 Å². The fourth-order valence-corrected chi connectivity index (χ4v) is 5.10. The van der Waals surface area contributed by atoms with Gasteiger partial charge in [-0.05, 0) is 12.8 Å². The molecule has 0 saturated carbocycles. The number of aryl methyl sites for hydroxylation is 1. The quantitative estimate of drug-likeness (QED) is 0.703. The predicted molar refractivity (Wildman–Crippen MR) is 109 cm³/mol. The molecule has 3 fully saturated rings. The molecular formula is C20H28N6O4. The molecule has 5 heterocycles. The topological polar surface area (TPSA) is 122 Å². The van der Waals surface area contributed by atoms with Crippen LogP contribution in [0, 0.1) is 17.8 Å². The minimum absolute atomic E-state index is 0.0112. The number of rotatable bonds is 4. The van der Waals surface area contributed by atoms with Gasteiger partial charge in [0.05, 0.1) is 30.8 Å². The number of nitrogens with zero attached hydrogens (tertiary/aromatic N) is 5. The second-order valence-electron chi connectivity index (χ2n) is 8.65. The van der Waals surface area contributed by atoms with E-state index in [0.29, 0.717) is 18.4 Å². The lowest BCUT2D eigenvalue weighted by Gasteiger charge is -2.29. The summed E-state index contributed by atoms with van der Waals surface area (Å²) in [6.07, 6.45) is 6.03. The number of carbonyl (C=O) groups is 2. The molecule has 3 aliphatic rings. The van der Waals surface area contributed by atoms with Crippen molar-refractivity contribution in [2.45, 2.75) is 38.4 Å². The van der Waals surface area contributed by atoms with Crippen molar-refractivity contribution in [3.63, 3.8) is 0 Å². The Morgan fingerprint density at radius 2 is 2.23 bits per heavy atom. The summed E-state index contributed by atoms with van der Waals surface area (Å²) in [6, 6.07) is 0. The van der Waals surface area contributed by atoms with Gasteiger partial charge >= 0.3 is 0 Å². The lowest BCUT2D eigenvalue weighted by atomic mass is 9.73. The minimum atomic E-state index is -0.250. The summed E-state index contributed by atoms with van der Waals surface area (Å²) in [5.41, 5.74) is 1.55. The predicted octanol–water partition coefficient (Wildman–Crippen LogP) is 0.820. The summed E-state index contributed by atoms with van der Waals surface area (Å²) in [5.74, 6) is 1.63. The summed E-state index contributed by atoms with van der Waals surface area (Å²) in [4.78, 5) is 36.2. The molecule has 2 aromatic rings. The molecule has 0 radical (unpaired) electrons. The molecule has 0 unspecified atom stereocenters. The van der Waals surface area contributed by atoms with Gasteiger partial charge < -0.3 is 24.6 Å². The number of amides is 1. The van der Waals surface area contributed by atoms with Gasteiger partial charge in [0.25, 0.3) is 6.47 Å². The molecule has 10 heteroatoms. The van der Waals surface area contributed by atoms with E-state index in [2.05, 4.69) is 25.2 Å². The van der Waals surface area contributed by atoms with Crippen LogP contribution in [-0.4, -0.2) is 68.3 Å². The van der Waals surface area contributed by atoms with E-state index in [1.165, 1.54) is 0 Å². The Kier molecular flexibility index (Phi) is 5.35. The summed E-state index contributed by atoms with van der Waals surface area (Å²) >= 11 is 0. The van der Waals surface area contributed by atoms with Gasteiger partial charge in [0.1, 0.15) is 5.52 Å². The van der Waals surface area contributed by atoms with Crippen molar-refractivity contribution >= 4 is 29.5 Å². The van der Waals surface area contributed by atoms with E-state index in [-0.39, 0.29) is 30.0 Å². The fourth-order valence-electron chi connectivity index (χ4n) is 5.10. The van der Waals surface area contributed by atoms with Gasteiger partial charge in [0, 0.05) is 37.9 Å². The van der Waals surface area contributed by atoms with Gasteiger partial charge in [0.2, 0.25) is 11.9 Å². The van der Waals surface area contributed by atoms with E-state index in [0.717, 1.165) is 43.0 Å². The molecule has 0 aromatic carbocycles. The summed E-state index contributed by atoms with van der Waals surface area (Å²) < 4.78 is 8.39. The highest BCUT2D eigenvalue weighted by molar-refractivity contribution is 5.77. The van der Waals surface area contributed by atoms with Gasteiger partial charge in [0.15, 0.2) is 5.65 Å². The molecule has 4 atom stereocenters. The molecule has 2 bridgehead atoms. The molecule has 1 amide bonds. The number of aromatic nitrogens is 4. The first-order chi connectivity index (χ1) is 14.4. The second kappa shape index (κ2) is 7.82. The standard InChI is InChI=1S/C19H26N6O2.CH2O2/c1-11(2)17(26)20-6-12-13-8-25(9-19(13)5-4-15(12)27-19)18-21-7-14-16(23-18)22-10-24(14)3;2-1-3/h7,10-13,15H,4-6,8-9H2,1-3H3,(H,20,26);1H,(H,2,3)/t12-,13+,15+,19+;/m0./s1. The second-order valence-corrected chi connectivity index (χ2v) is 8.65. The number of hydrogen-bond donors (Lipinski definition) is 2. The van der Waals surface area contributed by atoms with Crippen LogP contribution in [0.5, 0.6) is 0 Å². The number of fused-ring (bicyclic) bond motifs is 2. The molecule has 5 rings (SSSR count). The Hall–Kier alpha value is -2.75. The first kappa shape index (κ1) is 20.5. The maximum absolute atomic E-state index is 12.0. The highest BCUT2D eigenvalue weighted by Gasteiger charge is 2.63. The molecule has 1 spiro atoms. The summed E-state index contributed by atoms with van der Waals surface area (Å²) in [7, 11) is 1.94. The zero-order valence-electron chi connectivity index (χ0n) is 17.5. The number of carboxylic acid groups (broad SMARTS) is 1. The number of anilines is 1. The summed E-state index contributed by atoms with van der Waals surface area (Å²) in [5, 5.41) is 10.0. The van der Waals surface area contributed by atoms with Crippen LogP contribution in [0.4, 0.5) is 5.95 Å². The van der Waals surface area contributed by atoms with E-state index < -0.39 is 0 Å². The summed E-state index contributed by atoms with van der Waals surface area (Å²) in [6.45, 7) is 5.99. The SMILES string of the molecule is CC(C)C(=O)NC[C@H]1[C@H]2CN(c3ncc4c(ncn4C)n3)C[C@]23CC[C@H]1O3.O=CO. The van der Waals surface area contributed by atoms with Crippen LogP contribution in [0.15, 0.2) is 12.5 Å². The molecule has 3 aliphatic heterocycles. The Labute approximate surface area is 174 Å². The van der Waals surface area contributed by atoms with E-state index >= 15 is 0 Å². The van der Waals surface area contributed by atoms with Crippen LogP contribution in [0.3, 0.4) is 0 Å². The first-order valence-electron chi connectivity index (χ1n) is 10.3. The lowest BCUT2D eigenvalue weighted by molar-refractivity contribution is -0.124. The van der Waals surface area contributed by atoms with Gasteiger partial charge in [-0.25, -0.2) is 9.97 Å². The van der Waals surface area contributed by atoms with Crippen LogP contribution in [0.2, 0.25) is 0 Å². The number of imidazole rings is 1. The van der Waals surface area contributed by atoms with E-state index in [9.17, 15) is 4.79 Å². The van der Waals surface area contributed by atoms with Crippen molar-refractivity contribution < 1.29 is 19.4 Å². The van der Waals surface area contributed by atoms with Crippen LogP contribution < -0.4 is 10.2 Å². The van der Waals surface area contributed by atoms with E-state index in [1.807, 2.05) is 31.7 Å². The number of carbonyl (C=O) groups excluding carboxylic acids is 1. The normalized spacial score (nSPS) is 29.1. The third-order valence-electron chi connectivity index (χ3n) is 6.57. The third kappa shape index (κ3) is 3.38. The Morgan fingerprint density at radius 1 is 1.47 bits per heavy atom. The monoisotopic (exact) mass is 416 g/mol. The highest BCUT2D eigenvalue weighted by Crippen LogP contribution is 2.55. The Balaban J connectivity index is 0.000000687. The average Bonchev–Trinajstić information content (AvgIpc) is 3.46. The van der Waals surface area contributed by atoms with Gasteiger partial charge in [-0.3, -0.25) is 9.59 Å². The van der Waals surface area contributed by atoms with Crippen molar-refractivity contribution in [1.82, 2.24) is 24.8 Å². The van der Waals surface area contributed by atoms with E-state index in [1.54, 1.807) is 6.33 Å². The molecule has 30 heavy (non-hydrogen) atoms. The van der Waals surface area contributed by atoms with Gasteiger partial charge in [-0.15, -0.1) is 0 Å². The number of hydrogen-bond acceptors (Lipinski definition) is 7. The lowest BCUT2D eigenvalue weighted by Crippen LogP contribution is -2.42. The Morgan fingerprint density at radius 3 is 2.97 bits per heavy atom.